The number of methoxy groups -OCH3 is 1. The topological polar surface area (TPSA) is 89.3 Å². The van der Waals surface area contributed by atoms with Crippen molar-refractivity contribution < 1.29 is 21.9 Å². The number of aromatic nitrogens is 3. The van der Waals surface area contributed by atoms with Gasteiger partial charge in [-0.1, -0.05) is 29.8 Å². The molecule has 1 fully saturated rings. The molecule has 3 aromatic carbocycles. The van der Waals surface area contributed by atoms with E-state index in [1.54, 1.807) is 42.5 Å². The average molecular weight is 646 g/mol. The molecule has 1 saturated heterocycles. The van der Waals surface area contributed by atoms with Gasteiger partial charge in [-0.25, -0.2) is 26.2 Å². The van der Waals surface area contributed by atoms with Gasteiger partial charge in [0.25, 0.3) is 10.0 Å². The molecule has 1 aliphatic rings. The molecule has 1 aliphatic heterocycles. The molecule has 8 nitrogen and oxygen atoms in total. The lowest BCUT2D eigenvalue weighted by Crippen LogP contribution is -2.50. The van der Waals surface area contributed by atoms with E-state index in [1.807, 2.05) is 6.92 Å². The Hall–Kier alpha value is -4.35. The van der Waals surface area contributed by atoms with Gasteiger partial charge in [0.15, 0.2) is 0 Å². The van der Waals surface area contributed by atoms with E-state index in [4.69, 9.17) is 9.72 Å². The zero-order valence-corrected chi connectivity index (χ0v) is 27.3. The van der Waals surface area contributed by atoms with Crippen LogP contribution in [0, 0.1) is 18.6 Å². The number of nitrogens with zero attached hydrogens (tertiary/aromatic N) is 4. The molecular weight excluding hydrogens is 608 g/mol. The summed E-state index contributed by atoms with van der Waals surface area (Å²) in [6.45, 7) is 10.3. The van der Waals surface area contributed by atoms with Crippen molar-refractivity contribution in [1.29, 1.82) is 0 Å². The van der Waals surface area contributed by atoms with Gasteiger partial charge in [0.1, 0.15) is 11.6 Å². The molecule has 1 atom stereocenters. The molecule has 1 N–H and O–H groups in total. The number of piperidine rings is 1. The fraction of sp³-hybridized carbons (Fsp3) is 0.314. The Kier molecular flexibility index (Phi) is 8.32. The number of hydrogen-bond acceptors (Lipinski definition) is 7. The minimum atomic E-state index is -4.06. The molecule has 0 bridgehead atoms. The monoisotopic (exact) mass is 645 g/mol. The lowest BCUT2D eigenvalue weighted by atomic mass is 9.98. The lowest BCUT2D eigenvalue weighted by molar-refractivity contribution is 0.104. The Morgan fingerprint density at radius 2 is 1.70 bits per heavy atom. The molecule has 3 heterocycles. The number of nitrogens with one attached hydrogen (secondary N) is 1. The van der Waals surface area contributed by atoms with Crippen LogP contribution in [0.2, 0.25) is 0 Å². The highest BCUT2D eigenvalue weighted by Crippen LogP contribution is 2.37. The number of anilines is 1. The number of aryl methyl sites for hydroxylation is 1. The van der Waals surface area contributed by atoms with E-state index in [2.05, 4.69) is 36.0 Å². The van der Waals surface area contributed by atoms with Gasteiger partial charge >= 0.3 is 0 Å². The summed E-state index contributed by atoms with van der Waals surface area (Å²) in [5.41, 5.74) is 2.16. The number of hydrogen-bond donors (Lipinski definition) is 1. The Labute approximate surface area is 268 Å². The molecule has 46 heavy (non-hydrogen) atoms. The van der Waals surface area contributed by atoms with Crippen molar-refractivity contribution in [1.82, 2.24) is 18.8 Å². The molecule has 6 rings (SSSR count). The van der Waals surface area contributed by atoms with Gasteiger partial charge in [0, 0.05) is 41.3 Å². The van der Waals surface area contributed by atoms with Crippen molar-refractivity contribution in [3.63, 3.8) is 0 Å². The van der Waals surface area contributed by atoms with Crippen LogP contribution in [0.3, 0.4) is 0 Å². The normalized spacial score (nSPS) is 16.1. The zero-order chi connectivity index (χ0) is 32.8. The van der Waals surface area contributed by atoms with Gasteiger partial charge in [-0.15, -0.1) is 0 Å². The van der Waals surface area contributed by atoms with Crippen molar-refractivity contribution in [3.05, 3.63) is 90.1 Å². The summed E-state index contributed by atoms with van der Waals surface area (Å²) in [6, 6.07) is 16.7. The molecule has 0 unspecified atom stereocenters. The summed E-state index contributed by atoms with van der Waals surface area (Å²) in [5, 5.41) is 3.91. The Bertz CT molecular complexity index is 2000. The van der Waals surface area contributed by atoms with Crippen molar-refractivity contribution in [2.75, 3.05) is 25.5 Å². The van der Waals surface area contributed by atoms with Crippen LogP contribution in [-0.4, -0.2) is 59.0 Å². The maximum absolute atomic E-state index is 14.9. The Morgan fingerprint density at radius 3 is 2.37 bits per heavy atom. The van der Waals surface area contributed by atoms with Gasteiger partial charge in [-0.05, 0) is 89.0 Å². The number of ether oxygens (including phenoxy) is 1. The second kappa shape index (κ2) is 12.1. The minimum Gasteiger partial charge on any atom is -0.481 e. The first-order chi connectivity index (χ1) is 21.8. The van der Waals surface area contributed by atoms with Crippen LogP contribution in [0.25, 0.3) is 33.3 Å². The quantitative estimate of drug-likeness (QED) is 0.199. The summed E-state index contributed by atoms with van der Waals surface area (Å²) in [4.78, 5) is 11.9. The summed E-state index contributed by atoms with van der Waals surface area (Å²) < 4.78 is 64.5. The molecule has 0 saturated carbocycles. The predicted molar refractivity (Wildman–Crippen MR) is 177 cm³/mol. The van der Waals surface area contributed by atoms with Crippen LogP contribution in [-0.2, 0) is 10.0 Å². The number of rotatable bonds is 7. The summed E-state index contributed by atoms with van der Waals surface area (Å²) in [7, 11) is -2.56. The van der Waals surface area contributed by atoms with Gasteiger partial charge < -0.3 is 10.1 Å². The van der Waals surface area contributed by atoms with Crippen molar-refractivity contribution in [2.45, 2.75) is 57.0 Å². The van der Waals surface area contributed by atoms with Crippen LogP contribution >= 0.6 is 0 Å². The minimum absolute atomic E-state index is 0.0148. The highest BCUT2D eigenvalue weighted by molar-refractivity contribution is 7.90. The molecule has 2 aromatic heterocycles. The van der Waals surface area contributed by atoms with Crippen LogP contribution in [0.4, 0.5) is 14.7 Å². The Morgan fingerprint density at radius 1 is 0.978 bits per heavy atom. The van der Waals surface area contributed by atoms with Crippen LogP contribution in [0.5, 0.6) is 5.88 Å². The van der Waals surface area contributed by atoms with Gasteiger partial charge in [-0.2, -0.15) is 4.98 Å². The van der Waals surface area contributed by atoms with E-state index in [-0.39, 0.29) is 33.5 Å². The summed E-state index contributed by atoms with van der Waals surface area (Å²) >= 11 is 0. The molecule has 11 heteroatoms. The number of benzene rings is 3. The van der Waals surface area contributed by atoms with Crippen LogP contribution < -0.4 is 10.1 Å². The first-order valence-electron chi connectivity index (χ1n) is 15.2. The molecule has 0 radical (unpaired) electrons. The highest BCUT2D eigenvalue weighted by Gasteiger charge is 2.29. The fourth-order valence-corrected chi connectivity index (χ4v) is 7.34. The van der Waals surface area contributed by atoms with E-state index in [0.29, 0.717) is 28.1 Å². The third-order valence-electron chi connectivity index (χ3n) is 8.49. The van der Waals surface area contributed by atoms with E-state index < -0.39 is 21.7 Å². The number of halogens is 2. The second-order valence-electron chi connectivity index (χ2n) is 12.7. The summed E-state index contributed by atoms with van der Waals surface area (Å²) in [6.07, 6.45) is 3.45. The number of fused-ring (bicyclic) bond motifs is 1. The molecule has 0 aliphatic carbocycles. The van der Waals surface area contributed by atoms with Crippen molar-refractivity contribution in [2.24, 2.45) is 0 Å². The van der Waals surface area contributed by atoms with E-state index in [1.165, 1.54) is 41.5 Å². The fourth-order valence-electron chi connectivity index (χ4n) is 5.98. The largest absolute Gasteiger partial charge is 0.481 e. The maximum atomic E-state index is 14.9. The highest BCUT2D eigenvalue weighted by atomic mass is 32.2. The third kappa shape index (κ3) is 6.09. The molecule has 240 valence electrons. The van der Waals surface area contributed by atoms with Crippen LogP contribution in [0.1, 0.15) is 39.2 Å². The van der Waals surface area contributed by atoms with E-state index in [0.717, 1.165) is 31.5 Å². The van der Waals surface area contributed by atoms with Gasteiger partial charge in [0.2, 0.25) is 11.8 Å². The molecule has 0 amide bonds. The molecule has 0 spiro atoms. The lowest BCUT2D eigenvalue weighted by Gasteiger charge is -2.41. The molecular formula is C35H37F2N5O3S. The summed E-state index contributed by atoms with van der Waals surface area (Å²) in [5.74, 6) is -0.817. The smallest absolute Gasteiger partial charge is 0.268 e. The van der Waals surface area contributed by atoms with E-state index in [9.17, 15) is 17.2 Å². The van der Waals surface area contributed by atoms with E-state index >= 15 is 0 Å². The first-order valence-corrected chi connectivity index (χ1v) is 16.7. The van der Waals surface area contributed by atoms with Crippen molar-refractivity contribution >= 4 is 26.9 Å². The van der Waals surface area contributed by atoms with Gasteiger partial charge in [-0.3, -0.25) is 4.90 Å². The third-order valence-corrected chi connectivity index (χ3v) is 10.2. The van der Waals surface area contributed by atoms with Crippen LogP contribution in [0.15, 0.2) is 77.8 Å². The molecule has 5 aromatic rings. The maximum Gasteiger partial charge on any atom is 0.268 e. The second-order valence-corrected chi connectivity index (χ2v) is 14.5. The Balaban J connectivity index is 1.51. The van der Waals surface area contributed by atoms with Crippen molar-refractivity contribution in [3.8, 4) is 28.3 Å². The predicted octanol–water partition coefficient (Wildman–Crippen LogP) is 7.27. The van der Waals surface area contributed by atoms with Gasteiger partial charge in [0.05, 0.1) is 28.8 Å². The average Bonchev–Trinajstić information content (AvgIpc) is 3.41. The standard InChI is InChI=1S/C35H37F2N5O3S/c1-22-11-14-25(15-12-22)46(43,44)42-21-27(26-18-23(13-16-31(26)42)33-28(36)9-6-10-29(33)37)30-19-32(45-5)40-34(39-30)38-24-8-7-17-41(20-24)35(2,3)4/h6,9-16,18-19,21,24H,7-8,17,20H2,1-5H3,(H,38,39,40)/t24-/m1/s1. The SMILES string of the molecule is COc1cc(-c2cn(S(=O)(=O)c3ccc(C)cc3)c3ccc(-c4c(F)cccc4F)cc23)nc(N[C@@H]2CCCN(C(C)(C)C)C2)n1. The zero-order valence-electron chi connectivity index (χ0n) is 26.5. The number of likely N-dealkylation sites (tertiary alicyclic amines) is 1. The first kappa shape index (κ1) is 31.6.